The smallest absolute Gasteiger partial charge is 0.239 e. The Balaban J connectivity index is 1.58. The molecule has 134 valence electrons. The summed E-state index contributed by atoms with van der Waals surface area (Å²) in [6.07, 6.45) is 6.29. The van der Waals surface area contributed by atoms with Crippen LogP contribution in [0.15, 0.2) is 30.5 Å². The van der Waals surface area contributed by atoms with Gasteiger partial charge in [-0.05, 0) is 32.0 Å². The van der Waals surface area contributed by atoms with Crippen molar-refractivity contribution in [3.8, 4) is 0 Å². The van der Waals surface area contributed by atoms with E-state index < -0.39 is 0 Å². The molecule has 1 aromatic heterocycles. The van der Waals surface area contributed by atoms with E-state index in [4.69, 9.17) is 11.6 Å². The van der Waals surface area contributed by atoms with Gasteiger partial charge in [-0.2, -0.15) is 5.10 Å². The lowest BCUT2D eigenvalue weighted by Gasteiger charge is -2.19. The van der Waals surface area contributed by atoms with Crippen LogP contribution in [0.3, 0.4) is 0 Å². The summed E-state index contributed by atoms with van der Waals surface area (Å²) in [7, 11) is 1.76. The SMILES string of the molecule is CN(CC(=O)Nc1ccnn1C1CCCC1)Cc1c(F)cccc1Cl. The summed E-state index contributed by atoms with van der Waals surface area (Å²) in [6.45, 7) is 0.404. The Bertz CT molecular complexity index is 722. The highest BCUT2D eigenvalue weighted by Gasteiger charge is 2.21. The van der Waals surface area contributed by atoms with Crippen molar-refractivity contribution in [1.82, 2.24) is 14.7 Å². The van der Waals surface area contributed by atoms with Gasteiger partial charge in [-0.25, -0.2) is 9.07 Å². The third kappa shape index (κ3) is 4.38. The Labute approximate surface area is 151 Å². The van der Waals surface area contributed by atoms with Gasteiger partial charge in [0.2, 0.25) is 5.91 Å². The van der Waals surface area contributed by atoms with Crippen LogP contribution in [0.2, 0.25) is 5.02 Å². The number of benzene rings is 1. The van der Waals surface area contributed by atoms with Crippen molar-refractivity contribution >= 4 is 23.3 Å². The van der Waals surface area contributed by atoms with E-state index in [1.54, 1.807) is 30.3 Å². The van der Waals surface area contributed by atoms with Crippen molar-refractivity contribution in [2.24, 2.45) is 0 Å². The molecule has 1 fully saturated rings. The van der Waals surface area contributed by atoms with E-state index in [0.717, 1.165) is 12.8 Å². The second-order valence-electron chi connectivity index (χ2n) is 6.52. The van der Waals surface area contributed by atoms with Crippen molar-refractivity contribution in [1.29, 1.82) is 0 Å². The van der Waals surface area contributed by atoms with Crippen LogP contribution in [0.4, 0.5) is 10.2 Å². The number of aromatic nitrogens is 2. The van der Waals surface area contributed by atoms with Crippen molar-refractivity contribution < 1.29 is 9.18 Å². The molecule has 7 heteroatoms. The maximum atomic E-state index is 13.9. The quantitative estimate of drug-likeness (QED) is 0.846. The number of amides is 1. The van der Waals surface area contributed by atoms with Gasteiger partial charge in [0, 0.05) is 23.2 Å². The number of anilines is 1. The van der Waals surface area contributed by atoms with Gasteiger partial charge in [-0.1, -0.05) is 30.5 Å². The molecule has 0 saturated heterocycles. The standard InChI is InChI=1S/C18H22ClFN4O/c1-23(11-14-15(19)7-4-8-16(14)20)12-18(25)22-17-9-10-21-24(17)13-5-2-3-6-13/h4,7-10,13H,2-3,5-6,11-12H2,1H3,(H,22,25). The minimum Gasteiger partial charge on any atom is -0.310 e. The van der Waals surface area contributed by atoms with Crippen molar-refractivity contribution in [3.63, 3.8) is 0 Å². The molecule has 1 aliphatic rings. The molecule has 1 aromatic carbocycles. The molecule has 1 saturated carbocycles. The molecule has 2 aromatic rings. The lowest BCUT2D eigenvalue weighted by atomic mass is 10.2. The van der Waals surface area contributed by atoms with Crippen LogP contribution in [0, 0.1) is 5.82 Å². The highest BCUT2D eigenvalue weighted by Crippen LogP contribution is 2.31. The first-order valence-corrected chi connectivity index (χ1v) is 8.87. The van der Waals surface area contributed by atoms with Gasteiger partial charge in [0.05, 0.1) is 18.8 Å². The molecule has 0 atom stereocenters. The maximum absolute atomic E-state index is 13.9. The predicted molar refractivity (Wildman–Crippen MR) is 96.1 cm³/mol. The van der Waals surface area contributed by atoms with Crippen LogP contribution < -0.4 is 5.32 Å². The molecular weight excluding hydrogens is 343 g/mol. The number of hydrogen-bond acceptors (Lipinski definition) is 3. The molecular formula is C18H22ClFN4O. The predicted octanol–water partition coefficient (Wildman–Crippen LogP) is 3.86. The fourth-order valence-corrected chi connectivity index (χ4v) is 3.51. The molecule has 0 bridgehead atoms. The van der Waals surface area contributed by atoms with Gasteiger partial charge in [-0.15, -0.1) is 0 Å². The van der Waals surface area contributed by atoms with Crippen LogP contribution >= 0.6 is 11.6 Å². The van der Waals surface area contributed by atoms with Crippen LogP contribution in [-0.4, -0.2) is 34.2 Å². The van der Waals surface area contributed by atoms with Crippen LogP contribution in [0.1, 0.15) is 37.3 Å². The Hall–Kier alpha value is -1.92. The fourth-order valence-electron chi connectivity index (χ4n) is 3.29. The molecule has 1 aliphatic carbocycles. The third-order valence-electron chi connectivity index (χ3n) is 4.51. The zero-order chi connectivity index (χ0) is 17.8. The van der Waals surface area contributed by atoms with Crippen molar-refractivity contribution in [2.75, 3.05) is 18.9 Å². The zero-order valence-electron chi connectivity index (χ0n) is 14.2. The molecule has 1 N–H and O–H groups in total. The molecule has 1 heterocycles. The molecule has 0 unspecified atom stereocenters. The van der Waals surface area contributed by atoms with E-state index >= 15 is 0 Å². The number of carbonyl (C=O) groups excluding carboxylic acids is 1. The van der Waals surface area contributed by atoms with E-state index in [2.05, 4.69) is 10.4 Å². The average molecular weight is 365 g/mol. The van der Waals surface area contributed by atoms with Crippen molar-refractivity contribution in [2.45, 2.75) is 38.3 Å². The Morgan fingerprint density at radius 1 is 1.40 bits per heavy atom. The molecule has 5 nitrogen and oxygen atoms in total. The van der Waals surface area contributed by atoms with E-state index in [9.17, 15) is 9.18 Å². The number of likely N-dealkylation sites (N-methyl/N-ethyl adjacent to an activating group) is 1. The normalized spacial score (nSPS) is 15.0. The summed E-state index contributed by atoms with van der Waals surface area (Å²) in [6, 6.07) is 6.76. The van der Waals surface area contributed by atoms with Crippen LogP contribution in [-0.2, 0) is 11.3 Å². The van der Waals surface area contributed by atoms with Crippen LogP contribution in [0.25, 0.3) is 0 Å². The molecule has 0 aliphatic heterocycles. The summed E-state index contributed by atoms with van der Waals surface area (Å²) < 4.78 is 15.8. The zero-order valence-corrected chi connectivity index (χ0v) is 15.0. The first kappa shape index (κ1) is 17.9. The van der Waals surface area contributed by atoms with Gasteiger partial charge in [-0.3, -0.25) is 9.69 Å². The molecule has 25 heavy (non-hydrogen) atoms. The summed E-state index contributed by atoms with van der Waals surface area (Å²) in [5.74, 6) is 0.197. The Morgan fingerprint density at radius 2 is 2.16 bits per heavy atom. The highest BCUT2D eigenvalue weighted by molar-refractivity contribution is 6.31. The maximum Gasteiger partial charge on any atom is 0.239 e. The summed E-state index contributed by atoms with van der Waals surface area (Å²) >= 11 is 6.04. The molecule has 1 amide bonds. The van der Waals surface area contributed by atoms with Crippen LogP contribution in [0.5, 0.6) is 0 Å². The minimum absolute atomic E-state index is 0.139. The van der Waals surface area contributed by atoms with Gasteiger partial charge < -0.3 is 5.32 Å². The van der Waals surface area contributed by atoms with Gasteiger partial charge in [0.25, 0.3) is 0 Å². The summed E-state index contributed by atoms with van der Waals surface area (Å²) in [5.41, 5.74) is 0.399. The molecule has 3 rings (SSSR count). The lowest BCUT2D eigenvalue weighted by Crippen LogP contribution is -2.31. The minimum atomic E-state index is -0.362. The van der Waals surface area contributed by atoms with E-state index in [0.29, 0.717) is 22.4 Å². The topological polar surface area (TPSA) is 50.2 Å². The van der Waals surface area contributed by atoms with Gasteiger partial charge >= 0.3 is 0 Å². The number of hydrogen-bond donors (Lipinski definition) is 1. The number of halogens is 2. The Kier molecular flexibility index (Phi) is 5.71. The number of carbonyl (C=O) groups is 1. The highest BCUT2D eigenvalue weighted by atomic mass is 35.5. The summed E-state index contributed by atoms with van der Waals surface area (Å²) in [5, 5.41) is 7.62. The number of nitrogens with one attached hydrogen (secondary N) is 1. The van der Waals surface area contributed by atoms with E-state index in [-0.39, 0.29) is 24.8 Å². The second kappa shape index (κ2) is 7.97. The third-order valence-corrected chi connectivity index (χ3v) is 4.87. The van der Waals surface area contributed by atoms with Gasteiger partial charge in [0.15, 0.2) is 0 Å². The summed E-state index contributed by atoms with van der Waals surface area (Å²) in [4.78, 5) is 14.1. The number of nitrogens with zero attached hydrogens (tertiary/aromatic N) is 3. The molecule has 0 spiro atoms. The number of rotatable bonds is 6. The average Bonchev–Trinajstić information content (AvgIpc) is 3.22. The van der Waals surface area contributed by atoms with Gasteiger partial charge in [0.1, 0.15) is 11.6 Å². The largest absolute Gasteiger partial charge is 0.310 e. The van der Waals surface area contributed by atoms with E-state index in [1.807, 2.05) is 10.7 Å². The van der Waals surface area contributed by atoms with Crippen molar-refractivity contribution in [3.05, 3.63) is 46.9 Å². The molecule has 0 radical (unpaired) electrons. The lowest BCUT2D eigenvalue weighted by molar-refractivity contribution is -0.117. The first-order valence-electron chi connectivity index (χ1n) is 8.49. The second-order valence-corrected chi connectivity index (χ2v) is 6.93. The van der Waals surface area contributed by atoms with E-state index in [1.165, 1.54) is 18.9 Å². The monoisotopic (exact) mass is 364 g/mol. The Morgan fingerprint density at radius 3 is 2.88 bits per heavy atom. The fraction of sp³-hybridized carbons (Fsp3) is 0.444. The first-order chi connectivity index (χ1) is 12.0.